The van der Waals surface area contributed by atoms with Crippen LogP contribution in [0, 0.1) is 11.3 Å². The third kappa shape index (κ3) is 3.22. The zero-order chi connectivity index (χ0) is 21.5. The molecule has 0 fully saturated rings. The van der Waals surface area contributed by atoms with E-state index in [1.807, 2.05) is 6.07 Å². The summed E-state index contributed by atoms with van der Waals surface area (Å²) in [5.74, 6) is -0.0264. The van der Waals surface area contributed by atoms with Crippen molar-refractivity contribution in [3.63, 3.8) is 0 Å². The number of hydrogen-bond donors (Lipinski definition) is 4. The number of benzene rings is 1. The summed E-state index contributed by atoms with van der Waals surface area (Å²) < 4.78 is 1.38. The number of fused-ring (bicyclic) bond motifs is 1. The maximum absolute atomic E-state index is 11.3. The van der Waals surface area contributed by atoms with Crippen LogP contribution in [-0.2, 0) is 5.72 Å². The summed E-state index contributed by atoms with van der Waals surface area (Å²) in [5, 5.41) is 38.6. The lowest BCUT2D eigenvalue weighted by Crippen LogP contribution is -2.33. The van der Waals surface area contributed by atoms with Crippen LogP contribution in [0.5, 0.6) is 5.75 Å². The number of anilines is 2. The van der Waals surface area contributed by atoms with E-state index in [0.717, 1.165) is 0 Å². The monoisotopic (exact) mass is 422 g/mol. The molecule has 0 bridgehead atoms. The number of nitrogens with one attached hydrogen (secondary N) is 1. The second-order valence-corrected chi connectivity index (χ2v) is 6.95. The van der Waals surface area contributed by atoms with E-state index >= 15 is 0 Å². The van der Waals surface area contributed by atoms with Crippen molar-refractivity contribution in [2.75, 3.05) is 11.1 Å². The molecule has 0 aliphatic carbocycles. The average Bonchev–Trinajstić information content (AvgIpc) is 3.07. The topological polar surface area (TPSA) is 158 Å². The predicted octanol–water partition coefficient (Wildman–Crippen LogP) is 2.28. The maximum Gasteiger partial charge on any atom is 0.162 e. The van der Waals surface area contributed by atoms with Crippen molar-refractivity contribution in [1.82, 2.24) is 24.6 Å². The number of hydrogen-bond acceptors (Lipinski definition) is 9. The molecule has 150 valence electrons. The number of phenols is 1. The molecule has 3 heterocycles. The van der Waals surface area contributed by atoms with Crippen molar-refractivity contribution in [3.8, 4) is 23.1 Å². The second-order valence-electron chi connectivity index (χ2n) is 6.57. The highest BCUT2D eigenvalue weighted by Gasteiger charge is 2.31. The van der Waals surface area contributed by atoms with Gasteiger partial charge >= 0.3 is 0 Å². The SMILES string of the molecule is CC(O)(Nc1ncnc(N)c1C#N)c1cc2ncc(Cl)n2nc1-c1ccccc1O. The standard InChI is InChI=1S/C19H15ClN8O2/c1-19(30,26-18-11(7-21)17(22)24-9-25-18)12-6-15-23-8-14(20)28(15)27-16(12)10-4-2-3-5-13(10)29/h2-6,8-9,29-30H,1H3,(H3,22,24,25,26). The van der Waals surface area contributed by atoms with Crippen LogP contribution in [0.3, 0.4) is 0 Å². The number of nitrogen functional groups attached to an aromatic ring is 1. The molecule has 4 aromatic rings. The van der Waals surface area contributed by atoms with Crippen LogP contribution in [0.25, 0.3) is 16.9 Å². The van der Waals surface area contributed by atoms with E-state index < -0.39 is 5.72 Å². The van der Waals surface area contributed by atoms with Gasteiger partial charge in [-0.15, -0.1) is 0 Å². The number of rotatable bonds is 4. The van der Waals surface area contributed by atoms with Crippen molar-refractivity contribution in [3.05, 3.63) is 59.1 Å². The Morgan fingerprint density at radius 2 is 2.03 bits per heavy atom. The fraction of sp³-hybridized carbons (Fsp3) is 0.105. The van der Waals surface area contributed by atoms with Crippen LogP contribution in [0.1, 0.15) is 18.1 Å². The van der Waals surface area contributed by atoms with Gasteiger partial charge in [-0.05, 0) is 25.1 Å². The molecule has 4 rings (SSSR count). The molecule has 10 nitrogen and oxygen atoms in total. The van der Waals surface area contributed by atoms with E-state index in [0.29, 0.717) is 11.2 Å². The molecule has 0 radical (unpaired) electrons. The molecule has 0 spiro atoms. The summed E-state index contributed by atoms with van der Waals surface area (Å²) in [5.41, 5.74) is 5.18. The number of imidazole rings is 1. The second kappa shape index (κ2) is 7.14. The van der Waals surface area contributed by atoms with Gasteiger partial charge in [-0.25, -0.2) is 19.5 Å². The summed E-state index contributed by atoms with van der Waals surface area (Å²) in [6.45, 7) is 1.45. The van der Waals surface area contributed by atoms with E-state index in [-0.39, 0.29) is 39.4 Å². The number of nitriles is 1. The molecule has 1 aromatic carbocycles. The first kappa shape index (κ1) is 19.4. The number of aromatic hydroxyl groups is 1. The smallest absolute Gasteiger partial charge is 0.162 e. The first-order valence-corrected chi connectivity index (χ1v) is 9.04. The van der Waals surface area contributed by atoms with Crippen LogP contribution in [0.2, 0.25) is 5.15 Å². The Kier molecular flexibility index (Phi) is 4.62. The summed E-state index contributed by atoms with van der Waals surface area (Å²) in [7, 11) is 0. The third-order valence-electron chi connectivity index (χ3n) is 4.49. The molecule has 5 N–H and O–H groups in total. The first-order chi connectivity index (χ1) is 14.3. The highest BCUT2D eigenvalue weighted by atomic mass is 35.5. The normalized spacial score (nSPS) is 13.0. The summed E-state index contributed by atoms with van der Waals surface area (Å²) in [4.78, 5) is 12.0. The van der Waals surface area contributed by atoms with Gasteiger partial charge in [0.05, 0.1) is 6.20 Å². The lowest BCUT2D eigenvalue weighted by Gasteiger charge is -2.28. The number of nitrogens with two attached hydrogens (primary N) is 1. The molecule has 11 heteroatoms. The quantitative estimate of drug-likeness (QED) is 0.362. The molecule has 0 aliphatic rings. The number of para-hydroxylation sites is 1. The third-order valence-corrected chi connectivity index (χ3v) is 4.74. The molecule has 0 saturated carbocycles. The molecule has 30 heavy (non-hydrogen) atoms. The molecular weight excluding hydrogens is 408 g/mol. The van der Waals surface area contributed by atoms with Gasteiger partial charge in [-0.3, -0.25) is 0 Å². The van der Waals surface area contributed by atoms with Crippen LogP contribution in [0.4, 0.5) is 11.6 Å². The molecular formula is C19H15ClN8O2. The Balaban J connectivity index is 1.93. The van der Waals surface area contributed by atoms with Crippen molar-refractivity contribution >= 4 is 28.9 Å². The number of phenolic OH excluding ortho intramolecular Hbond substituents is 1. The van der Waals surface area contributed by atoms with Gasteiger partial charge in [-0.1, -0.05) is 23.7 Å². The molecule has 0 aliphatic heterocycles. The molecule has 1 unspecified atom stereocenters. The Hall–Kier alpha value is -3.94. The van der Waals surface area contributed by atoms with Crippen LogP contribution in [-0.4, -0.2) is 34.8 Å². The Bertz CT molecular complexity index is 1310. The van der Waals surface area contributed by atoms with Gasteiger partial charge in [0.1, 0.15) is 35.2 Å². The van der Waals surface area contributed by atoms with Gasteiger partial charge in [0.2, 0.25) is 0 Å². The summed E-state index contributed by atoms with van der Waals surface area (Å²) >= 11 is 6.16. The van der Waals surface area contributed by atoms with Gasteiger partial charge in [0.15, 0.2) is 22.3 Å². The Labute approximate surface area is 175 Å². The molecule has 0 amide bonds. The van der Waals surface area contributed by atoms with Gasteiger partial charge < -0.3 is 21.3 Å². The minimum atomic E-state index is -1.79. The number of aliphatic hydroxyl groups is 1. The molecule has 3 aromatic heterocycles. The largest absolute Gasteiger partial charge is 0.507 e. The summed E-state index contributed by atoms with van der Waals surface area (Å²) in [6, 6.07) is 10.0. The summed E-state index contributed by atoms with van der Waals surface area (Å²) in [6.07, 6.45) is 2.59. The number of nitrogens with zero attached hydrogens (tertiary/aromatic N) is 6. The highest BCUT2D eigenvalue weighted by molar-refractivity contribution is 6.29. The fourth-order valence-electron chi connectivity index (χ4n) is 3.03. The van der Waals surface area contributed by atoms with E-state index in [1.54, 1.807) is 24.3 Å². The first-order valence-electron chi connectivity index (χ1n) is 8.66. The van der Waals surface area contributed by atoms with Crippen LogP contribution < -0.4 is 11.1 Å². The van der Waals surface area contributed by atoms with E-state index in [4.69, 9.17) is 17.3 Å². The zero-order valence-electron chi connectivity index (χ0n) is 15.6. The van der Waals surface area contributed by atoms with Gasteiger partial charge in [0, 0.05) is 11.1 Å². The van der Waals surface area contributed by atoms with Crippen LogP contribution in [0.15, 0.2) is 42.9 Å². The highest BCUT2D eigenvalue weighted by Crippen LogP contribution is 2.36. The molecule has 1 atom stereocenters. The Morgan fingerprint density at radius 1 is 1.27 bits per heavy atom. The van der Waals surface area contributed by atoms with Crippen molar-refractivity contribution in [2.24, 2.45) is 0 Å². The lowest BCUT2D eigenvalue weighted by molar-refractivity contribution is 0.0885. The Morgan fingerprint density at radius 3 is 2.77 bits per heavy atom. The predicted molar refractivity (Wildman–Crippen MR) is 109 cm³/mol. The zero-order valence-corrected chi connectivity index (χ0v) is 16.3. The van der Waals surface area contributed by atoms with Crippen molar-refractivity contribution in [1.29, 1.82) is 5.26 Å². The number of halogens is 1. The van der Waals surface area contributed by atoms with E-state index in [9.17, 15) is 15.5 Å². The van der Waals surface area contributed by atoms with Gasteiger partial charge in [0.25, 0.3) is 0 Å². The van der Waals surface area contributed by atoms with E-state index in [2.05, 4.69) is 25.4 Å². The minimum Gasteiger partial charge on any atom is -0.507 e. The van der Waals surface area contributed by atoms with Gasteiger partial charge in [-0.2, -0.15) is 10.4 Å². The maximum atomic E-state index is 11.3. The minimum absolute atomic E-state index is 0.0141. The lowest BCUT2D eigenvalue weighted by atomic mass is 9.97. The average molecular weight is 423 g/mol. The molecule has 0 saturated heterocycles. The fourth-order valence-corrected chi connectivity index (χ4v) is 3.21. The van der Waals surface area contributed by atoms with E-state index in [1.165, 1.54) is 30.0 Å². The number of aromatic nitrogens is 5. The van der Waals surface area contributed by atoms with Crippen molar-refractivity contribution in [2.45, 2.75) is 12.6 Å². The van der Waals surface area contributed by atoms with Crippen molar-refractivity contribution < 1.29 is 10.2 Å². The van der Waals surface area contributed by atoms with Crippen LogP contribution >= 0.6 is 11.6 Å².